The van der Waals surface area contributed by atoms with Crippen LogP contribution in [0.25, 0.3) is 0 Å². The Balaban J connectivity index is 1.72. The molecule has 25 heavy (non-hydrogen) atoms. The van der Waals surface area contributed by atoms with Crippen LogP contribution in [-0.2, 0) is 6.42 Å². The summed E-state index contributed by atoms with van der Waals surface area (Å²) in [6.45, 7) is 3.79. The molecule has 2 aromatic rings. The van der Waals surface area contributed by atoms with E-state index in [2.05, 4.69) is 24.8 Å². The lowest BCUT2D eigenvalue weighted by atomic mass is 9.93. The number of carbonyl (C=O) groups excluding carboxylic acids is 1. The van der Waals surface area contributed by atoms with Gasteiger partial charge in [0.2, 0.25) is 0 Å². The van der Waals surface area contributed by atoms with Gasteiger partial charge in [0, 0.05) is 39.1 Å². The highest BCUT2D eigenvalue weighted by atomic mass is 16.2. The monoisotopic (exact) mass is 340 g/mol. The summed E-state index contributed by atoms with van der Waals surface area (Å²) >= 11 is 0. The molecule has 1 atom stereocenters. The second-order valence-corrected chi connectivity index (χ2v) is 6.72. The molecular formula is C18H24N6O. The summed E-state index contributed by atoms with van der Waals surface area (Å²) in [6, 6.07) is 3.78. The predicted octanol–water partition coefficient (Wildman–Crippen LogP) is 1.74. The van der Waals surface area contributed by atoms with Crippen molar-refractivity contribution in [3.8, 4) is 0 Å². The van der Waals surface area contributed by atoms with E-state index in [1.165, 1.54) is 0 Å². The van der Waals surface area contributed by atoms with Gasteiger partial charge in [-0.05, 0) is 44.2 Å². The van der Waals surface area contributed by atoms with Gasteiger partial charge in [0.05, 0.1) is 0 Å². The van der Waals surface area contributed by atoms with Gasteiger partial charge in [0.1, 0.15) is 23.7 Å². The molecule has 0 bridgehead atoms. The van der Waals surface area contributed by atoms with Crippen LogP contribution in [0.1, 0.15) is 34.8 Å². The summed E-state index contributed by atoms with van der Waals surface area (Å²) in [7, 11) is 3.47. The SMILES string of the molecule is Cc1nc(C[C@@H]2CCCN(c3ccncn3)C2)cc(C(=O)N(C)C)n1. The van der Waals surface area contributed by atoms with Crippen LogP contribution < -0.4 is 4.90 Å². The first-order valence-corrected chi connectivity index (χ1v) is 8.60. The Morgan fingerprint density at radius 3 is 2.92 bits per heavy atom. The average Bonchev–Trinajstić information content (AvgIpc) is 2.61. The van der Waals surface area contributed by atoms with Crippen molar-refractivity contribution < 1.29 is 4.79 Å². The van der Waals surface area contributed by atoms with Crippen LogP contribution in [0.2, 0.25) is 0 Å². The molecule has 1 amide bonds. The fourth-order valence-corrected chi connectivity index (χ4v) is 3.28. The van der Waals surface area contributed by atoms with Gasteiger partial charge in [-0.25, -0.2) is 19.9 Å². The summed E-state index contributed by atoms with van der Waals surface area (Å²) in [5, 5.41) is 0. The van der Waals surface area contributed by atoms with Crippen molar-refractivity contribution in [1.82, 2.24) is 24.8 Å². The van der Waals surface area contributed by atoms with Gasteiger partial charge in [0.15, 0.2) is 0 Å². The Labute approximate surface area is 148 Å². The molecule has 132 valence electrons. The van der Waals surface area contributed by atoms with Crippen molar-refractivity contribution in [2.24, 2.45) is 5.92 Å². The summed E-state index contributed by atoms with van der Waals surface area (Å²) in [5.74, 6) is 2.02. The number of aromatic nitrogens is 4. The van der Waals surface area contributed by atoms with Crippen LogP contribution in [0.4, 0.5) is 5.82 Å². The number of rotatable bonds is 4. The van der Waals surface area contributed by atoms with Crippen LogP contribution in [0, 0.1) is 12.8 Å². The minimum atomic E-state index is -0.0852. The highest BCUT2D eigenvalue weighted by Crippen LogP contribution is 2.23. The molecule has 0 aromatic carbocycles. The molecule has 3 heterocycles. The van der Waals surface area contributed by atoms with E-state index >= 15 is 0 Å². The zero-order chi connectivity index (χ0) is 17.8. The molecule has 7 heteroatoms. The summed E-state index contributed by atoms with van der Waals surface area (Å²) < 4.78 is 0. The van der Waals surface area contributed by atoms with Crippen molar-refractivity contribution >= 4 is 11.7 Å². The first-order chi connectivity index (χ1) is 12.0. The highest BCUT2D eigenvalue weighted by Gasteiger charge is 2.22. The van der Waals surface area contributed by atoms with Crippen LogP contribution >= 0.6 is 0 Å². The third-order valence-electron chi connectivity index (χ3n) is 4.42. The first kappa shape index (κ1) is 17.3. The molecule has 1 fully saturated rings. The second kappa shape index (κ2) is 7.55. The molecule has 0 unspecified atom stereocenters. The summed E-state index contributed by atoms with van der Waals surface area (Å²) in [4.78, 5) is 33.2. The van der Waals surface area contributed by atoms with E-state index < -0.39 is 0 Å². The number of nitrogens with zero attached hydrogens (tertiary/aromatic N) is 6. The fourth-order valence-electron chi connectivity index (χ4n) is 3.28. The van der Waals surface area contributed by atoms with Gasteiger partial charge in [-0.15, -0.1) is 0 Å². The predicted molar refractivity (Wildman–Crippen MR) is 95.5 cm³/mol. The van der Waals surface area contributed by atoms with E-state index in [1.807, 2.05) is 19.1 Å². The van der Waals surface area contributed by atoms with Crippen molar-refractivity contribution in [3.63, 3.8) is 0 Å². The molecule has 7 nitrogen and oxygen atoms in total. The fraction of sp³-hybridized carbons (Fsp3) is 0.500. The second-order valence-electron chi connectivity index (χ2n) is 6.72. The Morgan fingerprint density at radius 1 is 1.36 bits per heavy atom. The molecule has 0 saturated carbocycles. The van der Waals surface area contributed by atoms with Crippen molar-refractivity contribution in [2.75, 3.05) is 32.1 Å². The smallest absolute Gasteiger partial charge is 0.272 e. The number of piperidine rings is 1. The van der Waals surface area contributed by atoms with Crippen LogP contribution in [-0.4, -0.2) is 57.9 Å². The largest absolute Gasteiger partial charge is 0.356 e. The van der Waals surface area contributed by atoms with E-state index in [-0.39, 0.29) is 5.91 Å². The van der Waals surface area contributed by atoms with E-state index in [0.717, 1.165) is 43.9 Å². The molecule has 0 N–H and O–H groups in total. The number of hydrogen-bond donors (Lipinski definition) is 0. The number of hydrogen-bond acceptors (Lipinski definition) is 6. The lowest BCUT2D eigenvalue weighted by molar-refractivity contribution is 0.0821. The summed E-state index contributed by atoms with van der Waals surface area (Å²) in [6.07, 6.45) is 6.49. The normalized spacial score (nSPS) is 17.4. The number of anilines is 1. The molecule has 0 aliphatic carbocycles. The third-order valence-corrected chi connectivity index (χ3v) is 4.42. The quantitative estimate of drug-likeness (QED) is 0.844. The third kappa shape index (κ3) is 4.29. The zero-order valence-electron chi connectivity index (χ0n) is 15.0. The van der Waals surface area contributed by atoms with E-state index in [1.54, 1.807) is 31.5 Å². The van der Waals surface area contributed by atoms with Gasteiger partial charge in [-0.2, -0.15) is 0 Å². The Morgan fingerprint density at radius 2 is 2.20 bits per heavy atom. The number of amides is 1. The Bertz CT molecular complexity index is 734. The van der Waals surface area contributed by atoms with Gasteiger partial charge in [0.25, 0.3) is 5.91 Å². The minimum Gasteiger partial charge on any atom is -0.356 e. The van der Waals surface area contributed by atoms with Crippen molar-refractivity contribution in [3.05, 3.63) is 41.9 Å². The standard InChI is InChI=1S/C18H24N6O/c1-13-21-15(10-16(22-13)18(25)23(2)3)9-14-5-4-8-24(11-14)17-6-7-19-12-20-17/h6-7,10,12,14H,4-5,8-9,11H2,1-3H3/t14-/m0/s1. The molecule has 1 aliphatic heterocycles. The van der Waals surface area contributed by atoms with Gasteiger partial charge < -0.3 is 9.80 Å². The van der Waals surface area contributed by atoms with Crippen LogP contribution in [0.5, 0.6) is 0 Å². The zero-order valence-corrected chi connectivity index (χ0v) is 15.0. The topological polar surface area (TPSA) is 75.1 Å². The lowest BCUT2D eigenvalue weighted by Crippen LogP contribution is -2.37. The van der Waals surface area contributed by atoms with Crippen molar-refractivity contribution in [1.29, 1.82) is 0 Å². The van der Waals surface area contributed by atoms with E-state index in [9.17, 15) is 4.79 Å². The van der Waals surface area contributed by atoms with Gasteiger partial charge >= 0.3 is 0 Å². The van der Waals surface area contributed by atoms with E-state index in [0.29, 0.717) is 17.4 Å². The minimum absolute atomic E-state index is 0.0852. The van der Waals surface area contributed by atoms with Gasteiger partial charge in [-0.3, -0.25) is 4.79 Å². The molecule has 3 rings (SSSR count). The van der Waals surface area contributed by atoms with Crippen LogP contribution in [0.3, 0.4) is 0 Å². The number of carbonyl (C=O) groups is 1. The maximum atomic E-state index is 12.2. The number of aryl methyl sites for hydroxylation is 1. The molecule has 0 spiro atoms. The molecular weight excluding hydrogens is 316 g/mol. The Kier molecular flexibility index (Phi) is 5.21. The highest BCUT2D eigenvalue weighted by molar-refractivity contribution is 5.92. The molecule has 1 aliphatic rings. The lowest BCUT2D eigenvalue weighted by Gasteiger charge is -2.33. The Hall–Kier alpha value is -2.57. The van der Waals surface area contributed by atoms with Crippen LogP contribution in [0.15, 0.2) is 24.7 Å². The molecule has 1 saturated heterocycles. The maximum absolute atomic E-state index is 12.2. The van der Waals surface area contributed by atoms with Gasteiger partial charge in [-0.1, -0.05) is 0 Å². The van der Waals surface area contributed by atoms with Crippen molar-refractivity contribution in [2.45, 2.75) is 26.2 Å². The maximum Gasteiger partial charge on any atom is 0.272 e. The summed E-state index contributed by atoms with van der Waals surface area (Å²) in [5.41, 5.74) is 1.41. The molecule has 0 radical (unpaired) electrons. The molecule has 2 aromatic heterocycles. The van der Waals surface area contributed by atoms with E-state index in [4.69, 9.17) is 0 Å². The first-order valence-electron chi connectivity index (χ1n) is 8.60. The average molecular weight is 340 g/mol.